The van der Waals surface area contributed by atoms with E-state index in [1.165, 1.54) is 6.20 Å². The Balaban J connectivity index is 2.25. The summed E-state index contributed by atoms with van der Waals surface area (Å²) >= 11 is 0. The van der Waals surface area contributed by atoms with E-state index in [4.69, 9.17) is 4.74 Å². The average molecular weight is 271 g/mol. The van der Waals surface area contributed by atoms with Gasteiger partial charge in [0.25, 0.3) is 0 Å². The summed E-state index contributed by atoms with van der Waals surface area (Å²) in [6, 6.07) is 1.45. The highest BCUT2D eigenvalue weighted by molar-refractivity contribution is 7.89. The molecule has 1 saturated heterocycles. The Kier molecular flexibility index (Phi) is 3.84. The van der Waals surface area contributed by atoms with Crippen LogP contribution in [0.1, 0.15) is 13.3 Å². The van der Waals surface area contributed by atoms with Crippen molar-refractivity contribution in [1.82, 2.24) is 9.71 Å². The molecule has 1 aliphatic rings. The van der Waals surface area contributed by atoms with E-state index in [0.717, 1.165) is 0 Å². The topological polar surface area (TPSA) is 80.3 Å². The second kappa shape index (κ2) is 5.21. The Labute approximate surface area is 107 Å². The van der Waals surface area contributed by atoms with E-state index in [0.29, 0.717) is 18.7 Å². The average Bonchev–Trinajstić information content (AvgIpc) is 2.74. The van der Waals surface area contributed by atoms with Crippen LogP contribution in [-0.2, 0) is 14.8 Å². The van der Waals surface area contributed by atoms with Crippen LogP contribution in [0.5, 0.6) is 0 Å². The molecule has 18 heavy (non-hydrogen) atoms. The lowest BCUT2D eigenvalue weighted by molar-refractivity contribution is 0.117. The summed E-state index contributed by atoms with van der Waals surface area (Å²) in [5, 5.41) is 2.85. The molecule has 1 aliphatic heterocycles. The van der Waals surface area contributed by atoms with Gasteiger partial charge in [0.15, 0.2) is 0 Å². The third kappa shape index (κ3) is 2.63. The summed E-state index contributed by atoms with van der Waals surface area (Å²) in [6.07, 6.45) is 3.48. The highest BCUT2D eigenvalue weighted by Gasteiger charge is 2.30. The Morgan fingerprint density at radius 2 is 2.28 bits per heavy atom. The quantitative estimate of drug-likeness (QED) is 0.837. The Morgan fingerprint density at radius 3 is 2.89 bits per heavy atom. The minimum absolute atomic E-state index is 0.102. The predicted octanol–water partition coefficient (Wildman–Crippen LogP) is 0.579. The van der Waals surface area contributed by atoms with Crippen molar-refractivity contribution < 1.29 is 13.2 Å². The smallest absolute Gasteiger partial charge is 0.244 e. The highest BCUT2D eigenvalue weighted by Crippen LogP contribution is 2.21. The summed E-state index contributed by atoms with van der Waals surface area (Å²) in [5.41, 5.74) is 0.532. The van der Waals surface area contributed by atoms with Crippen LogP contribution in [0.4, 0.5) is 5.69 Å². The van der Waals surface area contributed by atoms with Crippen LogP contribution < -0.4 is 10.0 Å². The number of pyridine rings is 1. The van der Waals surface area contributed by atoms with Gasteiger partial charge in [-0.1, -0.05) is 0 Å². The molecule has 2 heterocycles. The van der Waals surface area contributed by atoms with Gasteiger partial charge in [0.1, 0.15) is 4.90 Å². The van der Waals surface area contributed by atoms with Crippen molar-refractivity contribution in [3.05, 3.63) is 18.5 Å². The van der Waals surface area contributed by atoms with Gasteiger partial charge in [-0.05, 0) is 19.4 Å². The summed E-state index contributed by atoms with van der Waals surface area (Å²) in [7, 11) is -1.90. The summed E-state index contributed by atoms with van der Waals surface area (Å²) < 4.78 is 32.5. The van der Waals surface area contributed by atoms with Gasteiger partial charge in [-0.3, -0.25) is 4.98 Å². The molecular weight excluding hydrogens is 254 g/mol. The van der Waals surface area contributed by atoms with E-state index in [1.54, 1.807) is 19.3 Å². The fourth-order valence-electron chi connectivity index (χ4n) is 1.95. The zero-order valence-electron chi connectivity index (χ0n) is 10.4. The van der Waals surface area contributed by atoms with Gasteiger partial charge in [-0.25, -0.2) is 13.1 Å². The SMILES string of the molecule is CNc1ccncc1S(=O)(=O)NC1CCOC1C. The Bertz CT molecular complexity index is 518. The lowest BCUT2D eigenvalue weighted by atomic mass is 10.2. The van der Waals surface area contributed by atoms with Gasteiger partial charge in [0, 0.05) is 26.0 Å². The number of sulfonamides is 1. The zero-order valence-corrected chi connectivity index (χ0v) is 11.2. The summed E-state index contributed by atoms with van der Waals surface area (Å²) in [6.45, 7) is 2.45. The molecule has 0 aliphatic carbocycles. The van der Waals surface area contributed by atoms with E-state index in [2.05, 4.69) is 15.0 Å². The molecule has 100 valence electrons. The Morgan fingerprint density at radius 1 is 1.50 bits per heavy atom. The largest absolute Gasteiger partial charge is 0.387 e. The molecule has 1 aromatic heterocycles. The molecule has 1 fully saturated rings. The fraction of sp³-hybridized carbons (Fsp3) is 0.545. The van der Waals surface area contributed by atoms with E-state index < -0.39 is 10.0 Å². The van der Waals surface area contributed by atoms with Gasteiger partial charge in [-0.15, -0.1) is 0 Å². The highest BCUT2D eigenvalue weighted by atomic mass is 32.2. The van der Waals surface area contributed by atoms with Gasteiger partial charge in [-0.2, -0.15) is 0 Å². The number of nitrogens with zero attached hydrogens (tertiary/aromatic N) is 1. The molecule has 0 bridgehead atoms. The molecule has 7 heteroatoms. The molecule has 2 rings (SSSR count). The lowest BCUT2D eigenvalue weighted by Crippen LogP contribution is -2.39. The maximum atomic E-state index is 12.3. The lowest BCUT2D eigenvalue weighted by Gasteiger charge is -2.17. The van der Waals surface area contributed by atoms with Gasteiger partial charge >= 0.3 is 0 Å². The van der Waals surface area contributed by atoms with Crippen molar-refractivity contribution in [2.24, 2.45) is 0 Å². The minimum atomic E-state index is -3.57. The predicted molar refractivity (Wildman–Crippen MR) is 67.9 cm³/mol. The minimum Gasteiger partial charge on any atom is -0.387 e. The van der Waals surface area contributed by atoms with Crippen molar-refractivity contribution in [1.29, 1.82) is 0 Å². The van der Waals surface area contributed by atoms with Crippen LogP contribution >= 0.6 is 0 Å². The number of nitrogens with one attached hydrogen (secondary N) is 2. The first-order chi connectivity index (χ1) is 8.54. The van der Waals surface area contributed by atoms with Crippen LogP contribution in [0.15, 0.2) is 23.4 Å². The van der Waals surface area contributed by atoms with Crippen LogP contribution in [0.2, 0.25) is 0 Å². The number of hydrogen-bond acceptors (Lipinski definition) is 5. The third-order valence-corrected chi connectivity index (χ3v) is 4.54. The van der Waals surface area contributed by atoms with Crippen molar-refractivity contribution in [2.45, 2.75) is 30.4 Å². The maximum absolute atomic E-state index is 12.3. The van der Waals surface area contributed by atoms with Crippen molar-refractivity contribution in [3.63, 3.8) is 0 Å². The second-order valence-corrected chi connectivity index (χ2v) is 5.90. The molecule has 2 atom stereocenters. The molecule has 2 N–H and O–H groups in total. The van der Waals surface area contributed by atoms with Gasteiger partial charge in [0.05, 0.1) is 17.8 Å². The van der Waals surface area contributed by atoms with E-state index in [1.807, 2.05) is 6.92 Å². The Hall–Kier alpha value is -1.18. The molecule has 0 radical (unpaired) electrons. The first-order valence-corrected chi connectivity index (χ1v) is 7.28. The van der Waals surface area contributed by atoms with Crippen molar-refractivity contribution >= 4 is 15.7 Å². The van der Waals surface area contributed by atoms with Crippen LogP contribution in [0.3, 0.4) is 0 Å². The van der Waals surface area contributed by atoms with Crippen LogP contribution in [0.25, 0.3) is 0 Å². The maximum Gasteiger partial charge on any atom is 0.244 e. The second-order valence-electron chi connectivity index (χ2n) is 4.21. The zero-order chi connectivity index (χ0) is 13.2. The third-order valence-electron chi connectivity index (χ3n) is 3.03. The molecule has 0 amide bonds. The van der Waals surface area contributed by atoms with E-state index >= 15 is 0 Å². The number of hydrogen-bond donors (Lipinski definition) is 2. The molecule has 0 saturated carbocycles. The van der Waals surface area contributed by atoms with Crippen LogP contribution in [-0.4, -0.2) is 39.2 Å². The number of rotatable bonds is 4. The normalized spacial score (nSPS) is 24.1. The molecule has 0 spiro atoms. The summed E-state index contributed by atoms with van der Waals surface area (Å²) in [5.74, 6) is 0. The summed E-state index contributed by atoms with van der Waals surface area (Å²) in [4.78, 5) is 4.02. The first kappa shape index (κ1) is 13.3. The molecule has 6 nitrogen and oxygen atoms in total. The fourth-order valence-corrected chi connectivity index (χ4v) is 3.44. The van der Waals surface area contributed by atoms with Gasteiger partial charge in [0.2, 0.25) is 10.0 Å². The molecule has 1 aromatic rings. The number of aromatic nitrogens is 1. The number of anilines is 1. The van der Waals surface area contributed by atoms with Crippen molar-refractivity contribution in [3.8, 4) is 0 Å². The van der Waals surface area contributed by atoms with Crippen molar-refractivity contribution in [2.75, 3.05) is 19.0 Å². The van der Waals surface area contributed by atoms with Crippen LogP contribution in [0, 0.1) is 0 Å². The first-order valence-electron chi connectivity index (χ1n) is 5.80. The molecular formula is C11H17N3O3S. The van der Waals surface area contributed by atoms with E-state index in [-0.39, 0.29) is 17.0 Å². The van der Waals surface area contributed by atoms with Gasteiger partial charge < -0.3 is 10.1 Å². The molecule has 2 unspecified atom stereocenters. The molecule has 0 aromatic carbocycles. The monoisotopic (exact) mass is 271 g/mol. The van der Waals surface area contributed by atoms with E-state index in [9.17, 15) is 8.42 Å². The number of ether oxygens (including phenoxy) is 1. The standard InChI is InChI=1S/C11H17N3O3S/c1-8-9(4-6-17-8)14-18(15,16)11-7-13-5-3-10(11)12-2/h3,5,7-9,14H,4,6H2,1-2H3,(H,12,13).